The Morgan fingerprint density at radius 3 is 2.79 bits per heavy atom. The standard InChI is InChI=1S/C15H15Cl2NO/c1-18-9-14-13-5-3-2-4-11(13)6-7-15(14)19-10-12(17)8-16/h2-8,18H,9-10H2,1H3. The molecule has 0 aliphatic heterocycles. The minimum atomic E-state index is 0.278. The summed E-state index contributed by atoms with van der Waals surface area (Å²) in [6, 6.07) is 12.2. The molecule has 1 N–H and O–H groups in total. The minimum absolute atomic E-state index is 0.278. The van der Waals surface area contributed by atoms with E-state index in [0.29, 0.717) is 5.03 Å². The van der Waals surface area contributed by atoms with E-state index in [1.54, 1.807) is 0 Å². The maximum Gasteiger partial charge on any atom is 0.125 e. The lowest BCUT2D eigenvalue weighted by Crippen LogP contribution is -2.09. The SMILES string of the molecule is CNCc1c(OCC(Cl)=CCl)ccc2ccccc12. The molecule has 0 bridgehead atoms. The van der Waals surface area contributed by atoms with Crippen LogP contribution in [0.15, 0.2) is 47.0 Å². The molecule has 2 aromatic rings. The molecule has 19 heavy (non-hydrogen) atoms. The summed E-state index contributed by atoms with van der Waals surface area (Å²) >= 11 is 11.4. The summed E-state index contributed by atoms with van der Waals surface area (Å²) in [4.78, 5) is 0. The van der Waals surface area contributed by atoms with Crippen molar-refractivity contribution in [2.75, 3.05) is 13.7 Å². The topological polar surface area (TPSA) is 21.3 Å². The van der Waals surface area contributed by atoms with Crippen molar-refractivity contribution in [3.63, 3.8) is 0 Å². The van der Waals surface area contributed by atoms with Gasteiger partial charge in [0.05, 0.1) is 5.03 Å². The van der Waals surface area contributed by atoms with E-state index in [9.17, 15) is 0 Å². The molecule has 0 aromatic heterocycles. The first kappa shape index (κ1) is 14.2. The number of fused-ring (bicyclic) bond motifs is 1. The second-order valence-electron chi connectivity index (χ2n) is 4.14. The van der Waals surface area contributed by atoms with Gasteiger partial charge in [-0.3, -0.25) is 0 Å². The smallest absolute Gasteiger partial charge is 0.125 e. The Morgan fingerprint density at radius 1 is 1.26 bits per heavy atom. The molecule has 2 nitrogen and oxygen atoms in total. The Balaban J connectivity index is 2.39. The van der Waals surface area contributed by atoms with Crippen LogP contribution in [0.2, 0.25) is 0 Å². The highest BCUT2D eigenvalue weighted by molar-refractivity contribution is 6.36. The molecule has 4 heteroatoms. The fraction of sp³-hybridized carbons (Fsp3) is 0.200. The normalized spacial score (nSPS) is 11.8. The van der Waals surface area contributed by atoms with Crippen LogP contribution in [0.5, 0.6) is 5.75 Å². The van der Waals surface area contributed by atoms with E-state index in [0.717, 1.165) is 17.9 Å². The van der Waals surface area contributed by atoms with E-state index < -0.39 is 0 Å². The van der Waals surface area contributed by atoms with E-state index in [1.807, 2.05) is 31.3 Å². The zero-order valence-electron chi connectivity index (χ0n) is 10.6. The Labute approximate surface area is 123 Å². The van der Waals surface area contributed by atoms with Gasteiger partial charge in [-0.25, -0.2) is 0 Å². The molecular weight excluding hydrogens is 281 g/mol. The van der Waals surface area contributed by atoms with E-state index >= 15 is 0 Å². The van der Waals surface area contributed by atoms with Crippen molar-refractivity contribution in [1.29, 1.82) is 0 Å². The van der Waals surface area contributed by atoms with Crippen LogP contribution >= 0.6 is 23.2 Å². The van der Waals surface area contributed by atoms with Gasteiger partial charge in [-0.15, -0.1) is 0 Å². The fourth-order valence-corrected chi connectivity index (χ4v) is 2.11. The molecule has 100 valence electrons. The highest BCUT2D eigenvalue weighted by atomic mass is 35.5. The van der Waals surface area contributed by atoms with Crippen LogP contribution in [0.25, 0.3) is 10.8 Å². The van der Waals surface area contributed by atoms with Gasteiger partial charge in [0, 0.05) is 17.6 Å². The molecule has 0 atom stereocenters. The predicted molar refractivity (Wildman–Crippen MR) is 82.0 cm³/mol. The van der Waals surface area contributed by atoms with Gasteiger partial charge in [0.1, 0.15) is 12.4 Å². The van der Waals surface area contributed by atoms with Gasteiger partial charge in [-0.2, -0.15) is 0 Å². The van der Waals surface area contributed by atoms with Crippen molar-refractivity contribution in [2.45, 2.75) is 6.54 Å². The lowest BCUT2D eigenvalue weighted by molar-refractivity contribution is 0.355. The molecule has 0 aliphatic carbocycles. The van der Waals surface area contributed by atoms with Gasteiger partial charge in [-0.05, 0) is 23.9 Å². The summed E-state index contributed by atoms with van der Waals surface area (Å²) in [6.07, 6.45) is 0. The van der Waals surface area contributed by atoms with Crippen LogP contribution in [0, 0.1) is 0 Å². The molecule has 0 saturated carbocycles. The molecule has 0 fully saturated rings. The van der Waals surface area contributed by atoms with Crippen molar-refractivity contribution >= 4 is 34.0 Å². The van der Waals surface area contributed by atoms with Crippen molar-refractivity contribution in [3.05, 3.63) is 52.5 Å². The average Bonchev–Trinajstić information content (AvgIpc) is 2.46. The number of benzene rings is 2. The Morgan fingerprint density at radius 2 is 2.05 bits per heavy atom. The second-order valence-corrected chi connectivity index (χ2v) is 4.84. The van der Waals surface area contributed by atoms with Gasteiger partial charge in [0.15, 0.2) is 0 Å². The minimum Gasteiger partial charge on any atom is -0.488 e. The number of hydrogen-bond acceptors (Lipinski definition) is 2. The number of nitrogens with one attached hydrogen (secondary N) is 1. The number of ether oxygens (including phenoxy) is 1. The Kier molecular flexibility index (Phi) is 5.08. The molecule has 0 heterocycles. The first-order valence-corrected chi connectivity index (χ1v) is 6.80. The maximum absolute atomic E-state index is 5.85. The zero-order chi connectivity index (χ0) is 13.7. The van der Waals surface area contributed by atoms with Crippen LogP contribution in [0.4, 0.5) is 0 Å². The van der Waals surface area contributed by atoms with E-state index in [2.05, 4.69) is 17.4 Å². The van der Waals surface area contributed by atoms with Crippen LogP contribution in [0.1, 0.15) is 5.56 Å². The summed E-state index contributed by atoms with van der Waals surface area (Å²) in [6.45, 7) is 1.01. The first-order valence-electron chi connectivity index (χ1n) is 5.99. The van der Waals surface area contributed by atoms with E-state index in [-0.39, 0.29) is 6.61 Å². The van der Waals surface area contributed by atoms with Crippen LogP contribution in [-0.4, -0.2) is 13.7 Å². The molecule has 0 unspecified atom stereocenters. The molecule has 0 aliphatic rings. The van der Waals surface area contributed by atoms with Crippen molar-refractivity contribution < 1.29 is 4.74 Å². The van der Waals surface area contributed by atoms with E-state index in [4.69, 9.17) is 27.9 Å². The number of rotatable bonds is 5. The predicted octanol–water partition coefficient (Wildman–Crippen LogP) is 4.26. The molecule has 0 saturated heterocycles. The number of halogens is 2. The molecule has 2 aromatic carbocycles. The highest BCUT2D eigenvalue weighted by Crippen LogP contribution is 2.28. The van der Waals surface area contributed by atoms with Gasteiger partial charge < -0.3 is 10.1 Å². The first-order chi connectivity index (χ1) is 9.26. The van der Waals surface area contributed by atoms with Gasteiger partial charge >= 0.3 is 0 Å². The Hall–Kier alpha value is -1.22. The third-order valence-electron chi connectivity index (χ3n) is 2.84. The molecule has 0 spiro atoms. The third-order valence-corrected chi connectivity index (χ3v) is 3.43. The molecule has 0 radical (unpaired) electrons. The summed E-state index contributed by atoms with van der Waals surface area (Å²) in [5, 5.41) is 6.02. The largest absolute Gasteiger partial charge is 0.488 e. The summed E-state index contributed by atoms with van der Waals surface area (Å²) in [5.74, 6) is 0.824. The Bertz CT molecular complexity index is 596. The van der Waals surface area contributed by atoms with Crippen LogP contribution < -0.4 is 10.1 Å². The molecular formula is C15H15Cl2NO. The maximum atomic E-state index is 5.85. The van der Waals surface area contributed by atoms with Crippen LogP contribution in [-0.2, 0) is 6.54 Å². The third kappa shape index (κ3) is 3.41. The van der Waals surface area contributed by atoms with Crippen molar-refractivity contribution in [1.82, 2.24) is 5.32 Å². The van der Waals surface area contributed by atoms with Gasteiger partial charge in [-0.1, -0.05) is 53.5 Å². The summed E-state index contributed by atoms with van der Waals surface area (Å²) < 4.78 is 5.73. The molecule has 2 rings (SSSR count). The average molecular weight is 296 g/mol. The van der Waals surface area contributed by atoms with Crippen molar-refractivity contribution in [3.8, 4) is 5.75 Å². The lowest BCUT2D eigenvalue weighted by atomic mass is 10.0. The summed E-state index contributed by atoms with van der Waals surface area (Å²) in [5.41, 5.74) is 2.44. The monoisotopic (exact) mass is 295 g/mol. The summed E-state index contributed by atoms with van der Waals surface area (Å²) in [7, 11) is 1.91. The number of hydrogen-bond donors (Lipinski definition) is 1. The fourth-order valence-electron chi connectivity index (χ4n) is 1.99. The van der Waals surface area contributed by atoms with Gasteiger partial charge in [0.25, 0.3) is 0 Å². The molecule has 0 amide bonds. The van der Waals surface area contributed by atoms with E-state index in [1.165, 1.54) is 16.3 Å². The quantitative estimate of drug-likeness (QED) is 0.890. The lowest BCUT2D eigenvalue weighted by Gasteiger charge is -2.13. The highest BCUT2D eigenvalue weighted by Gasteiger charge is 2.08. The van der Waals surface area contributed by atoms with Gasteiger partial charge in [0.2, 0.25) is 0 Å². The van der Waals surface area contributed by atoms with Crippen molar-refractivity contribution in [2.24, 2.45) is 0 Å². The zero-order valence-corrected chi connectivity index (χ0v) is 12.1. The van der Waals surface area contributed by atoms with Crippen LogP contribution in [0.3, 0.4) is 0 Å². The second kappa shape index (κ2) is 6.80.